The number of carbonyl (C=O) groups is 1. The summed E-state index contributed by atoms with van der Waals surface area (Å²) in [6.07, 6.45) is 6.05. The fourth-order valence-corrected chi connectivity index (χ4v) is 4.27. The molecule has 3 aromatic rings. The lowest BCUT2D eigenvalue weighted by Crippen LogP contribution is -2.40. The smallest absolute Gasteiger partial charge is 0.239 e. The van der Waals surface area contributed by atoms with Gasteiger partial charge in [-0.05, 0) is 38.5 Å². The number of nitrogens with zero attached hydrogens (tertiary/aromatic N) is 5. The van der Waals surface area contributed by atoms with Gasteiger partial charge >= 0.3 is 0 Å². The first-order chi connectivity index (χ1) is 14.1. The SMILES string of the molecule is Cc1nc(C)c(-c2ccnc(N3CCC(NC(=O)CNc4cccnc4)C3)n2)s1. The number of aromatic nitrogens is 4. The second-order valence-corrected chi connectivity index (χ2v) is 8.19. The van der Waals surface area contributed by atoms with Crippen molar-refractivity contribution in [3.8, 4) is 10.6 Å². The van der Waals surface area contributed by atoms with E-state index in [4.69, 9.17) is 4.98 Å². The Balaban J connectivity index is 1.34. The van der Waals surface area contributed by atoms with E-state index in [0.29, 0.717) is 12.5 Å². The van der Waals surface area contributed by atoms with Crippen LogP contribution in [-0.2, 0) is 4.79 Å². The van der Waals surface area contributed by atoms with Crippen molar-refractivity contribution < 1.29 is 4.79 Å². The number of hydrogen-bond donors (Lipinski definition) is 2. The minimum absolute atomic E-state index is 0.0360. The van der Waals surface area contributed by atoms with Gasteiger partial charge < -0.3 is 15.5 Å². The highest BCUT2D eigenvalue weighted by molar-refractivity contribution is 7.15. The summed E-state index contributed by atoms with van der Waals surface area (Å²) >= 11 is 1.64. The molecule has 4 heterocycles. The van der Waals surface area contributed by atoms with Gasteiger partial charge in [0.1, 0.15) is 0 Å². The van der Waals surface area contributed by atoms with Gasteiger partial charge in [-0.25, -0.2) is 15.0 Å². The van der Waals surface area contributed by atoms with Gasteiger partial charge in [-0.15, -0.1) is 11.3 Å². The lowest BCUT2D eigenvalue weighted by Gasteiger charge is -2.17. The quantitative estimate of drug-likeness (QED) is 0.645. The number of carbonyl (C=O) groups excluding carboxylic acids is 1. The molecular weight excluding hydrogens is 386 g/mol. The normalized spacial score (nSPS) is 16.1. The summed E-state index contributed by atoms with van der Waals surface area (Å²) in [7, 11) is 0. The molecule has 1 saturated heterocycles. The largest absolute Gasteiger partial charge is 0.375 e. The molecule has 29 heavy (non-hydrogen) atoms. The number of aryl methyl sites for hydroxylation is 2. The zero-order valence-corrected chi connectivity index (χ0v) is 17.2. The molecule has 150 valence electrons. The Morgan fingerprint density at radius 2 is 2.17 bits per heavy atom. The Kier molecular flexibility index (Phi) is 5.66. The van der Waals surface area contributed by atoms with Gasteiger partial charge in [0.05, 0.1) is 33.5 Å². The van der Waals surface area contributed by atoms with E-state index in [1.54, 1.807) is 29.9 Å². The molecule has 8 nitrogen and oxygen atoms in total. The van der Waals surface area contributed by atoms with Crippen LogP contribution in [0.25, 0.3) is 10.6 Å². The number of amides is 1. The van der Waals surface area contributed by atoms with E-state index in [1.807, 2.05) is 32.0 Å². The Bertz CT molecular complexity index is 992. The summed E-state index contributed by atoms with van der Waals surface area (Å²) in [6.45, 7) is 5.73. The average molecular weight is 410 g/mol. The molecule has 2 N–H and O–H groups in total. The fraction of sp³-hybridized carbons (Fsp3) is 0.350. The Labute approximate surface area is 173 Å². The van der Waals surface area contributed by atoms with Gasteiger partial charge in [0, 0.05) is 37.7 Å². The first-order valence-corrected chi connectivity index (χ1v) is 10.4. The number of nitrogens with one attached hydrogen (secondary N) is 2. The molecular formula is C20H23N7OS. The van der Waals surface area contributed by atoms with E-state index in [2.05, 4.69) is 30.5 Å². The number of pyridine rings is 1. The minimum Gasteiger partial charge on any atom is -0.375 e. The highest BCUT2D eigenvalue weighted by Gasteiger charge is 2.26. The van der Waals surface area contributed by atoms with E-state index in [0.717, 1.165) is 39.9 Å². The van der Waals surface area contributed by atoms with Crippen LogP contribution < -0.4 is 15.5 Å². The monoisotopic (exact) mass is 409 g/mol. The van der Waals surface area contributed by atoms with E-state index in [1.165, 1.54) is 0 Å². The number of anilines is 2. The standard InChI is InChI=1S/C20H23N7OS/c1-13-19(29-14(2)24-13)17-5-8-22-20(26-17)27-9-6-16(12-27)25-18(28)11-23-15-4-3-7-21-10-15/h3-5,7-8,10,16,23H,6,9,11-12H2,1-2H3,(H,25,28). The first kappa shape index (κ1) is 19.3. The topological polar surface area (TPSA) is 95.9 Å². The minimum atomic E-state index is -0.0360. The van der Waals surface area contributed by atoms with Crippen molar-refractivity contribution >= 4 is 28.9 Å². The summed E-state index contributed by atoms with van der Waals surface area (Å²) in [5.41, 5.74) is 2.71. The van der Waals surface area contributed by atoms with E-state index in [-0.39, 0.29) is 18.5 Å². The molecule has 3 aromatic heterocycles. The van der Waals surface area contributed by atoms with Crippen LogP contribution in [0.15, 0.2) is 36.8 Å². The Morgan fingerprint density at radius 1 is 1.28 bits per heavy atom. The lowest BCUT2D eigenvalue weighted by molar-refractivity contribution is -0.119. The second kappa shape index (κ2) is 8.52. The molecule has 4 rings (SSSR count). The van der Waals surface area contributed by atoms with Crippen LogP contribution >= 0.6 is 11.3 Å². The third-order valence-electron chi connectivity index (χ3n) is 4.73. The van der Waals surface area contributed by atoms with Crippen molar-refractivity contribution in [1.82, 2.24) is 25.3 Å². The van der Waals surface area contributed by atoms with Gasteiger partial charge in [0.25, 0.3) is 0 Å². The summed E-state index contributed by atoms with van der Waals surface area (Å²) < 4.78 is 0. The van der Waals surface area contributed by atoms with E-state index >= 15 is 0 Å². The van der Waals surface area contributed by atoms with Gasteiger partial charge in [-0.2, -0.15) is 0 Å². The van der Waals surface area contributed by atoms with Crippen LogP contribution in [0.2, 0.25) is 0 Å². The number of thiazole rings is 1. The first-order valence-electron chi connectivity index (χ1n) is 9.54. The zero-order valence-electron chi connectivity index (χ0n) is 16.4. The van der Waals surface area contributed by atoms with Crippen molar-refractivity contribution in [2.45, 2.75) is 26.3 Å². The van der Waals surface area contributed by atoms with Crippen molar-refractivity contribution in [3.05, 3.63) is 47.5 Å². The Hall–Kier alpha value is -3.07. The second-order valence-electron chi connectivity index (χ2n) is 6.98. The highest BCUT2D eigenvalue weighted by atomic mass is 32.1. The van der Waals surface area contributed by atoms with Crippen LogP contribution in [0.1, 0.15) is 17.1 Å². The molecule has 9 heteroatoms. The maximum Gasteiger partial charge on any atom is 0.239 e. The van der Waals surface area contributed by atoms with E-state index < -0.39 is 0 Å². The summed E-state index contributed by atoms with van der Waals surface area (Å²) in [4.78, 5) is 33.1. The van der Waals surface area contributed by atoms with E-state index in [9.17, 15) is 4.79 Å². The molecule has 1 amide bonds. The van der Waals surface area contributed by atoms with Gasteiger partial charge in [-0.1, -0.05) is 0 Å². The molecule has 1 aliphatic rings. The number of hydrogen-bond acceptors (Lipinski definition) is 8. The van der Waals surface area contributed by atoms with Gasteiger partial charge in [0.2, 0.25) is 11.9 Å². The van der Waals surface area contributed by atoms with Crippen LogP contribution in [0.3, 0.4) is 0 Å². The predicted octanol–water partition coefficient (Wildman–Crippen LogP) is 2.42. The van der Waals surface area contributed by atoms with Gasteiger partial charge in [0.15, 0.2) is 0 Å². The van der Waals surface area contributed by atoms with Crippen molar-refractivity contribution in [2.75, 3.05) is 29.9 Å². The van der Waals surface area contributed by atoms with Crippen molar-refractivity contribution in [2.24, 2.45) is 0 Å². The summed E-state index contributed by atoms with van der Waals surface area (Å²) in [5, 5.41) is 7.19. The molecule has 0 aliphatic carbocycles. The molecule has 0 saturated carbocycles. The molecule has 0 aromatic carbocycles. The third-order valence-corrected chi connectivity index (χ3v) is 5.83. The zero-order chi connectivity index (χ0) is 20.2. The number of rotatable bonds is 6. The molecule has 0 spiro atoms. The fourth-order valence-electron chi connectivity index (χ4n) is 3.38. The third kappa shape index (κ3) is 4.68. The summed E-state index contributed by atoms with van der Waals surface area (Å²) in [6, 6.07) is 5.72. The van der Waals surface area contributed by atoms with Crippen molar-refractivity contribution in [3.63, 3.8) is 0 Å². The molecule has 1 aliphatic heterocycles. The van der Waals surface area contributed by atoms with Crippen LogP contribution in [-0.4, -0.2) is 51.5 Å². The van der Waals surface area contributed by atoms with Crippen LogP contribution in [0, 0.1) is 13.8 Å². The highest BCUT2D eigenvalue weighted by Crippen LogP contribution is 2.29. The molecule has 0 bridgehead atoms. The maximum atomic E-state index is 12.2. The average Bonchev–Trinajstić information content (AvgIpc) is 3.33. The van der Waals surface area contributed by atoms with Crippen LogP contribution in [0.4, 0.5) is 11.6 Å². The molecule has 1 atom stereocenters. The van der Waals surface area contributed by atoms with Crippen molar-refractivity contribution in [1.29, 1.82) is 0 Å². The lowest BCUT2D eigenvalue weighted by atomic mass is 10.2. The molecule has 1 unspecified atom stereocenters. The molecule has 0 radical (unpaired) electrons. The predicted molar refractivity (Wildman–Crippen MR) is 114 cm³/mol. The van der Waals surface area contributed by atoms with Gasteiger partial charge in [-0.3, -0.25) is 9.78 Å². The molecule has 1 fully saturated rings. The summed E-state index contributed by atoms with van der Waals surface area (Å²) in [5.74, 6) is 0.657. The van der Waals surface area contributed by atoms with Crippen LogP contribution in [0.5, 0.6) is 0 Å². The Morgan fingerprint density at radius 3 is 2.93 bits per heavy atom. The maximum absolute atomic E-state index is 12.2.